The van der Waals surface area contributed by atoms with Gasteiger partial charge in [0.2, 0.25) is 0 Å². The molecule has 3 N–H and O–H groups in total. The van der Waals surface area contributed by atoms with Crippen molar-refractivity contribution in [3.8, 4) is 5.75 Å². The maximum atomic E-state index is 12.6. The highest BCUT2D eigenvalue weighted by molar-refractivity contribution is 5.96. The molecule has 0 saturated heterocycles. The Bertz CT molecular complexity index is 1020. The summed E-state index contributed by atoms with van der Waals surface area (Å²) in [5, 5.41) is 15.0. The predicted octanol–water partition coefficient (Wildman–Crippen LogP) is 2.63. The van der Waals surface area contributed by atoms with Gasteiger partial charge in [0.25, 0.3) is 0 Å². The van der Waals surface area contributed by atoms with Crippen LogP contribution in [0.15, 0.2) is 46.0 Å². The molecule has 0 spiro atoms. The van der Waals surface area contributed by atoms with E-state index in [0.29, 0.717) is 11.5 Å². The maximum Gasteiger partial charge on any atom is 0.342 e. The lowest BCUT2D eigenvalue weighted by atomic mass is 10.0. The van der Waals surface area contributed by atoms with Gasteiger partial charge in [0.1, 0.15) is 35.5 Å². The average Bonchev–Trinajstić information content (AvgIpc) is 3.13. The van der Waals surface area contributed by atoms with Crippen molar-refractivity contribution in [1.29, 1.82) is 0 Å². The third kappa shape index (κ3) is 4.45. The first-order chi connectivity index (χ1) is 14.3. The molecule has 0 fully saturated rings. The molecule has 2 amide bonds. The van der Waals surface area contributed by atoms with E-state index in [4.69, 9.17) is 13.9 Å². The Balaban J connectivity index is 1.92. The highest BCUT2D eigenvalue weighted by Crippen LogP contribution is 2.29. The highest BCUT2D eigenvalue weighted by Gasteiger charge is 2.36. The normalized spacial score (nSPS) is 16.0. The number of hydrogen-bond donors (Lipinski definition) is 3. The zero-order chi connectivity index (χ0) is 21.8. The fraction of sp³-hybridized carbons (Fsp3) is 0.286. The Kier molecular flexibility index (Phi) is 6.10. The molecule has 1 unspecified atom stereocenters. The number of carbonyl (C=O) groups excluding carboxylic acids is 3. The monoisotopic (exact) mass is 414 g/mol. The summed E-state index contributed by atoms with van der Waals surface area (Å²) >= 11 is 0. The average molecular weight is 414 g/mol. The van der Waals surface area contributed by atoms with Gasteiger partial charge in [-0.3, -0.25) is 0 Å². The first kappa shape index (κ1) is 21.0. The molecule has 9 nitrogen and oxygen atoms in total. The Morgan fingerprint density at radius 2 is 1.90 bits per heavy atom. The van der Waals surface area contributed by atoms with Gasteiger partial charge in [-0.2, -0.15) is 0 Å². The summed E-state index contributed by atoms with van der Waals surface area (Å²) in [6.45, 7) is 4.85. The van der Waals surface area contributed by atoms with Gasteiger partial charge in [0.05, 0.1) is 17.9 Å². The highest BCUT2D eigenvalue weighted by atomic mass is 16.5. The Labute approximate surface area is 172 Å². The molecule has 1 atom stereocenters. The number of hydrogen-bond acceptors (Lipinski definition) is 7. The number of aryl methyl sites for hydroxylation is 2. The number of rotatable bonds is 6. The number of esters is 2. The second kappa shape index (κ2) is 8.73. The Morgan fingerprint density at radius 3 is 2.57 bits per heavy atom. The Morgan fingerprint density at radius 1 is 1.13 bits per heavy atom. The van der Waals surface area contributed by atoms with Crippen LogP contribution in [-0.4, -0.2) is 36.3 Å². The van der Waals surface area contributed by atoms with Crippen LogP contribution in [0.3, 0.4) is 0 Å². The molecule has 1 aromatic carbocycles. The first-order valence-electron chi connectivity index (χ1n) is 9.31. The minimum absolute atomic E-state index is 0.0215. The molecular formula is C21H22N2O7. The number of phenolic OH excluding ortho intramolecular Hbond substituents is 1. The predicted molar refractivity (Wildman–Crippen MR) is 105 cm³/mol. The van der Waals surface area contributed by atoms with E-state index < -0.39 is 30.6 Å². The number of urea groups is 1. The summed E-state index contributed by atoms with van der Waals surface area (Å²) in [5.41, 5.74) is 0.866. The Hall–Kier alpha value is -3.75. The number of carbonyl (C=O) groups is 3. The molecule has 2 heterocycles. The van der Waals surface area contributed by atoms with Gasteiger partial charge in [0, 0.05) is 0 Å². The fourth-order valence-electron chi connectivity index (χ4n) is 3.03. The summed E-state index contributed by atoms with van der Waals surface area (Å²) in [4.78, 5) is 37.2. The van der Waals surface area contributed by atoms with Gasteiger partial charge >= 0.3 is 18.0 Å². The lowest BCUT2D eigenvalue weighted by molar-refractivity contribution is -0.139. The van der Waals surface area contributed by atoms with Crippen molar-refractivity contribution < 1.29 is 33.4 Å². The van der Waals surface area contributed by atoms with Crippen LogP contribution in [0.25, 0.3) is 0 Å². The van der Waals surface area contributed by atoms with Crippen LogP contribution in [-0.2, 0) is 14.3 Å². The number of ether oxygens (including phenoxy) is 2. The van der Waals surface area contributed by atoms with Crippen molar-refractivity contribution >= 4 is 18.0 Å². The van der Waals surface area contributed by atoms with Crippen molar-refractivity contribution in [1.82, 2.24) is 10.6 Å². The topological polar surface area (TPSA) is 127 Å². The molecule has 0 bridgehead atoms. The third-order valence-electron chi connectivity index (χ3n) is 4.41. The summed E-state index contributed by atoms with van der Waals surface area (Å²) in [6, 6.07) is 6.35. The lowest BCUT2D eigenvalue weighted by Crippen LogP contribution is -2.47. The van der Waals surface area contributed by atoms with E-state index in [1.165, 1.54) is 12.1 Å². The van der Waals surface area contributed by atoms with E-state index in [1.54, 1.807) is 39.0 Å². The number of nitrogens with one attached hydrogen (secondary N) is 2. The van der Waals surface area contributed by atoms with Crippen LogP contribution in [0.1, 0.15) is 40.4 Å². The molecular weight excluding hydrogens is 392 g/mol. The van der Waals surface area contributed by atoms with E-state index in [1.807, 2.05) is 0 Å². The van der Waals surface area contributed by atoms with E-state index in [9.17, 15) is 19.5 Å². The van der Waals surface area contributed by atoms with Crippen molar-refractivity contribution in [3.63, 3.8) is 0 Å². The van der Waals surface area contributed by atoms with Gasteiger partial charge in [-0.1, -0.05) is 11.6 Å². The minimum Gasteiger partial charge on any atom is -0.507 e. The maximum absolute atomic E-state index is 12.6. The van der Waals surface area contributed by atoms with Gasteiger partial charge in [-0.15, -0.1) is 0 Å². The number of furan rings is 1. The molecule has 3 rings (SSSR count). The van der Waals surface area contributed by atoms with E-state index in [-0.39, 0.29) is 29.2 Å². The van der Waals surface area contributed by atoms with Gasteiger partial charge in [0.15, 0.2) is 0 Å². The molecule has 0 saturated carbocycles. The molecule has 0 aliphatic carbocycles. The van der Waals surface area contributed by atoms with Crippen molar-refractivity contribution in [2.24, 2.45) is 0 Å². The zero-order valence-corrected chi connectivity index (χ0v) is 16.8. The van der Waals surface area contributed by atoms with Crippen molar-refractivity contribution in [3.05, 3.63) is 64.2 Å². The number of aromatic hydroxyl groups is 1. The van der Waals surface area contributed by atoms with Crippen LogP contribution in [0.4, 0.5) is 4.79 Å². The summed E-state index contributed by atoms with van der Waals surface area (Å²) in [7, 11) is 0. The van der Waals surface area contributed by atoms with Crippen molar-refractivity contribution in [2.75, 3.05) is 13.2 Å². The van der Waals surface area contributed by atoms with E-state index in [2.05, 4.69) is 10.6 Å². The second-order valence-corrected chi connectivity index (χ2v) is 6.69. The van der Waals surface area contributed by atoms with E-state index >= 15 is 0 Å². The molecule has 2 aromatic rings. The lowest BCUT2D eigenvalue weighted by Gasteiger charge is -2.27. The molecule has 0 radical (unpaired) electrons. The fourth-order valence-corrected chi connectivity index (χ4v) is 3.03. The smallest absolute Gasteiger partial charge is 0.342 e. The second-order valence-electron chi connectivity index (χ2n) is 6.69. The van der Waals surface area contributed by atoms with Crippen LogP contribution in [0.2, 0.25) is 0 Å². The van der Waals surface area contributed by atoms with Gasteiger partial charge in [-0.25, -0.2) is 14.4 Å². The summed E-state index contributed by atoms with van der Waals surface area (Å²) in [6.07, 6.45) is 0. The third-order valence-corrected chi connectivity index (χ3v) is 4.41. The molecule has 158 valence electrons. The molecule has 1 aliphatic rings. The molecule has 1 aromatic heterocycles. The minimum atomic E-state index is -0.910. The molecule has 30 heavy (non-hydrogen) atoms. The SMILES string of the molecule is CCOC(=O)C1=C(COC(=O)c2cc(C)ccc2O)NC(=O)NC1c1ccc(C)o1. The molecule has 1 aliphatic heterocycles. The van der Waals surface area contributed by atoms with Crippen LogP contribution in [0, 0.1) is 13.8 Å². The van der Waals surface area contributed by atoms with Crippen LogP contribution >= 0.6 is 0 Å². The number of benzene rings is 1. The van der Waals surface area contributed by atoms with Crippen molar-refractivity contribution in [2.45, 2.75) is 26.8 Å². The first-order valence-corrected chi connectivity index (χ1v) is 9.31. The number of phenols is 1. The van der Waals surface area contributed by atoms with Crippen LogP contribution < -0.4 is 10.6 Å². The van der Waals surface area contributed by atoms with Gasteiger partial charge in [-0.05, 0) is 45.0 Å². The number of amides is 2. The van der Waals surface area contributed by atoms with Crippen LogP contribution in [0.5, 0.6) is 5.75 Å². The zero-order valence-electron chi connectivity index (χ0n) is 16.8. The van der Waals surface area contributed by atoms with Gasteiger partial charge < -0.3 is 29.6 Å². The standard InChI is InChI=1S/C21H22N2O7/c1-4-28-20(26)17-14(10-29-19(25)13-9-11(2)5-7-15(13)24)22-21(27)23-18(17)16-8-6-12(3)30-16/h5-9,18,24H,4,10H2,1-3H3,(H2,22,23,27). The van der Waals surface area contributed by atoms with E-state index in [0.717, 1.165) is 5.56 Å². The largest absolute Gasteiger partial charge is 0.507 e. The quantitative estimate of drug-likeness (QED) is 0.620. The summed E-state index contributed by atoms with van der Waals surface area (Å²) < 4.78 is 16.0. The summed E-state index contributed by atoms with van der Waals surface area (Å²) in [5.74, 6) is -0.781. The molecule has 9 heteroatoms.